The van der Waals surface area contributed by atoms with Crippen LogP contribution in [0.3, 0.4) is 0 Å². The second kappa shape index (κ2) is 6.35. The van der Waals surface area contributed by atoms with Gasteiger partial charge in [0.2, 0.25) is 0 Å². The van der Waals surface area contributed by atoms with E-state index >= 15 is 0 Å². The third kappa shape index (κ3) is 4.08. The minimum absolute atomic E-state index is 0.299. The van der Waals surface area contributed by atoms with Gasteiger partial charge in [-0.15, -0.1) is 0 Å². The maximum Gasteiger partial charge on any atom is 0.328 e. The van der Waals surface area contributed by atoms with Gasteiger partial charge in [0, 0.05) is 0 Å². The summed E-state index contributed by atoms with van der Waals surface area (Å²) < 4.78 is 4.86. The number of hydrogen-bond donors (Lipinski definition) is 2. The van der Waals surface area contributed by atoms with Crippen LogP contribution in [0.15, 0.2) is 4.99 Å². The lowest BCUT2D eigenvalue weighted by Crippen LogP contribution is -2.44. The van der Waals surface area contributed by atoms with Crippen molar-refractivity contribution in [3.63, 3.8) is 0 Å². The van der Waals surface area contributed by atoms with Crippen LogP contribution in [-0.2, 0) is 9.53 Å². The number of nitrogens with one attached hydrogen (secondary N) is 1. The van der Waals surface area contributed by atoms with E-state index in [1.807, 2.05) is 0 Å². The van der Waals surface area contributed by atoms with Gasteiger partial charge >= 0.3 is 5.97 Å². The zero-order chi connectivity index (χ0) is 12.0. The van der Waals surface area contributed by atoms with Crippen LogP contribution in [0.4, 0.5) is 0 Å². The van der Waals surface area contributed by atoms with Crippen molar-refractivity contribution in [3.8, 4) is 0 Å². The highest BCUT2D eigenvalue weighted by molar-refractivity contribution is 5.85. The Morgan fingerprint density at radius 2 is 2.19 bits per heavy atom. The van der Waals surface area contributed by atoms with E-state index < -0.39 is 6.04 Å². The van der Waals surface area contributed by atoms with E-state index in [9.17, 15) is 4.79 Å². The van der Waals surface area contributed by atoms with Gasteiger partial charge in [-0.1, -0.05) is 12.8 Å². The first-order valence-electron chi connectivity index (χ1n) is 5.90. The summed E-state index contributed by atoms with van der Waals surface area (Å²) in [7, 11) is 0. The lowest BCUT2D eigenvalue weighted by atomic mass is 10.3. The van der Waals surface area contributed by atoms with Crippen LogP contribution in [0.25, 0.3) is 0 Å². The number of ether oxygens (including phenoxy) is 1. The molecule has 92 valence electrons. The smallest absolute Gasteiger partial charge is 0.328 e. The molecular formula is C11H21N3O2. The second-order valence-electron chi connectivity index (χ2n) is 4.07. The number of aliphatic imine (C=N–C) groups is 1. The van der Waals surface area contributed by atoms with E-state index in [4.69, 9.17) is 10.5 Å². The van der Waals surface area contributed by atoms with Gasteiger partial charge < -0.3 is 15.8 Å². The summed E-state index contributed by atoms with van der Waals surface area (Å²) in [4.78, 5) is 15.7. The summed E-state index contributed by atoms with van der Waals surface area (Å²) in [6, 6.07) is -0.119. The Hall–Kier alpha value is -1.26. The van der Waals surface area contributed by atoms with Crippen LogP contribution in [0.2, 0.25) is 0 Å². The Morgan fingerprint density at radius 1 is 1.56 bits per heavy atom. The highest BCUT2D eigenvalue weighted by Crippen LogP contribution is 2.20. The molecule has 16 heavy (non-hydrogen) atoms. The molecule has 0 saturated heterocycles. The number of nitrogens with zero attached hydrogens (tertiary/aromatic N) is 1. The molecule has 0 radical (unpaired) electrons. The number of hydrogen-bond acceptors (Lipinski definition) is 3. The maximum absolute atomic E-state index is 11.3. The van der Waals surface area contributed by atoms with E-state index in [1.54, 1.807) is 13.8 Å². The molecule has 0 spiro atoms. The molecule has 1 unspecified atom stereocenters. The Labute approximate surface area is 96.4 Å². The third-order valence-electron chi connectivity index (χ3n) is 2.65. The van der Waals surface area contributed by atoms with E-state index in [1.165, 1.54) is 12.8 Å². The fraction of sp³-hybridized carbons (Fsp3) is 0.818. The third-order valence-corrected chi connectivity index (χ3v) is 2.65. The van der Waals surface area contributed by atoms with Gasteiger partial charge in [0.05, 0.1) is 12.6 Å². The summed E-state index contributed by atoms with van der Waals surface area (Å²) in [5.74, 6) is 0.0412. The van der Waals surface area contributed by atoms with Gasteiger partial charge in [0.15, 0.2) is 5.96 Å². The number of carbonyl (C=O) groups excluding carboxylic acids is 1. The molecule has 0 aromatic carbocycles. The fourth-order valence-electron chi connectivity index (χ4n) is 1.82. The molecule has 0 heterocycles. The van der Waals surface area contributed by atoms with Crippen molar-refractivity contribution in [2.24, 2.45) is 10.7 Å². The number of rotatable bonds is 4. The van der Waals surface area contributed by atoms with Crippen molar-refractivity contribution in [2.45, 2.75) is 51.6 Å². The summed E-state index contributed by atoms with van der Waals surface area (Å²) in [6.45, 7) is 3.88. The predicted molar refractivity (Wildman–Crippen MR) is 63.1 cm³/mol. The first kappa shape index (κ1) is 12.8. The molecule has 1 atom stereocenters. The number of carbonyl (C=O) groups is 1. The largest absolute Gasteiger partial charge is 0.464 e. The zero-order valence-electron chi connectivity index (χ0n) is 10.0. The van der Waals surface area contributed by atoms with Crippen molar-refractivity contribution >= 4 is 11.9 Å². The maximum atomic E-state index is 11.3. The van der Waals surface area contributed by atoms with Crippen LogP contribution in [0.1, 0.15) is 39.5 Å². The van der Waals surface area contributed by atoms with Gasteiger partial charge in [0.25, 0.3) is 0 Å². The van der Waals surface area contributed by atoms with Crippen molar-refractivity contribution in [3.05, 3.63) is 0 Å². The summed E-state index contributed by atoms with van der Waals surface area (Å²) in [5, 5.41) is 2.84. The normalized spacial score (nSPS) is 19.5. The number of nitrogens with two attached hydrogens (primary N) is 1. The molecule has 3 N–H and O–H groups in total. The highest BCUT2D eigenvalue weighted by atomic mass is 16.5. The van der Waals surface area contributed by atoms with Crippen molar-refractivity contribution in [1.82, 2.24) is 5.32 Å². The SMILES string of the molecule is CCOC(=O)C(C)NC(N)=NC1CCCC1. The fourth-order valence-corrected chi connectivity index (χ4v) is 1.82. The average Bonchev–Trinajstić information content (AvgIpc) is 2.70. The Morgan fingerprint density at radius 3 is 2.75 bits per heavy atom. The Balaban J connectivity index is 2.37. The molecule has 0 amide bonds. The molecule has 0 aliphatic heterocycles. The predicted octanol–water partition coefficient (Wildman–Crippen LogP) is 0.785. The molecule has 1 aliphatic carbocycles. The van der Waals surface area contributed by atoms with Crippen LogP contribution in [-0.4, -0.2) is 30.6 Å². The lowest BCUT2D eigenvalue weighted by molar-refractivity contribution is -0.144. The zero-order valence-corrected chi connectivity index (χ0v) is 10.0. The molecule has 0 aromatic heterocycles. The molecule has 0 bridgehead atoms. The standard InChI is InChI=1S/C11H21N3O2/c1-3-16-10(15)8(2)13-11(12)14-9-6-4-5-7-9/h8-9H,3-7H2,1-2H3,(H3,12,13,14). The van der Waals surface area contributed by atoms with Crippen molar-refractivity contribution in [1.29, 1.82) is 0 Å². The number of guanidine groups is 1. The molecule has 1 aliphatic rings. The summed E-state index contributed by atoms with van der Waals surface area (Å²) in [5.41, 5.74) is 5.72. The molecule has 1 fully saturated rings. The van der Waals surface area contributed by atoms with Crippen molar-refractivity contribution < 1.29 is 9.53 Å². The molecule has 0 aromatic rings. The lowest BCUT2D eigenvalue weighted by Gasteiger charge is -2.14. The molecule has 1 saturated carbocycles. The van der Waals surface area contributed by atoms with E-state index in [0.29, 0.717) is 18.6 Å². The van der Waals surface area contributed by atoms with E-state index in [-0.39, 0.29) is 5.97 Å². The Kier molecular flexibility index (Phi) is 5.08. The summed E-state index contributed by atoms with van der Waals surface area (Å²) >= 11 is 0. The minimum Gasteiger partial charge on any atom is -0.464 e. The topological polar surface area (TPSA) is 76.7 Å². The second-order valence-corrected chi connectivity index (χ2v) is 4.07. The van der Waals surface area contributed by atoms with Crippen LogP contribution >= 0.6 is 0 Å². The van der Waals surface area contributed by atoms with E-state index in [2.05, 4.69) is 10.3 Å². The molecular weight excluding hydrogens is 206 g/mol. The average molecular weight is 227 g/mol. The minimum atomic E-state index is -0.440. The van der Waals surface area contributed by atoms with Crippen LogP contribution in [0, 0.1) is 0 Å². The quantitative estimate of drug-likeness (QED) is 0.423. The molecule has 5 nitrogen and oxygen atoms in total. The monoisotopic (exact) mass is 227 g/mol. The van der Waals surface area contributed by atoms with Gasteiger partial charge in [-0.2, -0.15) is 0 Å². The van der Waals surface area contributed by atoms with Gasteiger partial charge in [0.1, 0.15) is 6.04 Å². The van der Waals surface area contributed by atoms with Gasteiger partial charge in [-0.05, 0) is 26.7 Å². The Bertz CT molecular complexity index is 260. The van der Waals surface area contributed by atoms with E-state index in [0.717, 1.165) is 12.8 Å². The van der Waals surface area contributed by atoms with Gasteiger partial charge in [-0.3, -0.25) is 4.99 Å². The first-order valence-corrected chi connectivity index (χ1v) is 5.90. The van der Waals surface area contributed by atoms with Crippen molar-refractivity contribution in [2.75, 3.05) is 6.61 Å². The van der Waals surface area contributed by atoms with Crippen LogP contribution in [0.5, 0.6) is 0 Å². The van der Waals surface area contributed by atoms with Crippen LogP contribution < -0.4 is 11.1 Å². The molecule has 5 heteroatoms. The highest BCUT2D eigenvalue weighted by Gasteiger charge is 2.17. The van der Waals surface area contributed by atoms with Gasteiger partial charge in [-0.25, -0.2) is 4.79 Å². The first-order chi connectivity index (χ1) is 7.63. The molecule has 1 rings (SSSR count). The number of esters is 1. The summed E-state index contributed by atoms with van der Waals surface area (Å²) in [6.07, 6.45) is 4.62.